The molecule has 1 amide bonds. The number of anilines is 1. The first-order valence-electron chi connectivity index (χ1n) is 4.87. The molecule has 17 heavy (non-hydrogen) atoms. The number of methoxy groups -OCH3 is 1. The van der Waals surface area contributed by atoms with Crippen LogP contribution in [0.3, 0.4) is 0 Å². The molecule has 1 heterocycles. The topological polar surface area (TPSA) is 72.5 Å². The van der Waals surface area contributed by atoms with Crippen LogP contribution in [-0.2, 0) is 14.3 Å². The largest absolute Gasteiger partial charge is 0.466 e. The van der Waals surface area contributed by atoms with Crippen molar-refractivity contribution in [1.82, 2.24) is 0 Å². The highest BCUT2D eigenvalue weighted by Crippen LogP contribution is 2.24. The van der Waals surface area contributed by atoms with Gasteiger partial charge in [0.1, 0.15) is 0 Å². The van der Waals surface area contributed by atoms with Crippen molar-refractivity contribution in [2.45, 2.75) is 0 Å². The third-order valence-electron chi connectivity index (χ3n) is 2.36. The Kier molecular flexibility index (Phi) is 2.74. The Labute approximate surface area is 97.1 Å². The summed E-state index contributed by atoms with van der Waals surface area (Å²) < 4.78 is 4.45. The fourth-order valence-electron chi connectivity index (χ4n) is 1.50. The Morgan fingerprint density at radius 1 is 1.35 bits per heavy atom. The van der Waals surface area contributed by atoms with Crippen LogP contribution < -0.4 is 5.32 Å². The Balaban J connectivity index is 2.28. The number of Topliss-reactive ketones (excluding diaryl/α,β-unsaturated/α-hetero) is 1. The van der Waals surface area contributed by atoms with Gasteiger partial charge in [-0.05, 0) is 23.8 Å². The first kappa shape index (κ1) is 11.1. The van der Waals surface area contributed by atoms with Gasteiger partial charge in [0.15, 0.2) is 0 Å². The van der Waals surface area contributed by atoms with Crippen LogP contribution >= 0.6 is 0 Å². The minimum absolute atomic E-state index is 0.352. The predicted molar refractivity (Wildman–Crippen MR) is 60.5 cm³/mol. The smallest absolute Gasteiger partial charge is 0.330 e. The number of esters is 1. The Morgan fingerprint density at radius 3 is 2.82 bits per heavy atom. The molecule has 0 bridgehead atoms. The van der Waals surface area contributed by atoms with E-state index < -0.39 is 17.7 Å². The lowest BCUT2D eigenvalue weighted by Crippen LogP contribution is -2.12. The Bertz CT molecular complexity index is 545. The zero-order valence-electron chi connectivity index (χ0n) is 9.02. The van der Waals surface area contributed by atoms with Crippen molar-refractivity contribution in [2.75, 3.05) is 12.4 Å². The second-order valence-electron chi connectivity index (χ2n) is 3.44. The average molecular weight is 231 g/mol. The molecular formula is C12H9NO4. The Hall–Kier alpha value is -2.43. The molecule has 0 spiro atoms. The first-order chi connectivity index (χ1) is 8.11. The summed E-state index contributed by atoms with van der Waals surface area (Å²) in [4.78, 5) is 33.3. The van der Waals surface area contributed by atoms with Gasteiger partial charge in [0.25, 0.3) is 11.7 Å². The fourth-order valence-corrected chi connectivity index (χ4v) is 1.50. The van der Waals surface area contributed by atoms with Crippen LogP contribution in [0, 0.1) is 0 Å². The number of ether oxygens (including phenoxy) is 1. The standard InChI is InChI=1S/C12H9NO4/c1-17-10(14)5-3-7-2-4-8-9(6-7)13-12(16)11(8)15/h2-6H,1H3,(H,13,15,16). The van der Waals surface area contributed by atoms with Crippen LogP contribution in [0.5, 0.6) is 0 Å². The maximum absolute atomic E-state index is 11.3. The third kappa shape index (κ3) is 2.08. The highest BCUT2D eigenvalue weighted by molar-refractivity contribution is 6.51. The van der Waals surface area contributed by atoms with E-state index in [1.54, 1.807) is 24.3 Å². The van der Waals surface area contributed by atoms with Crippen LogP contribution in [0.4, 0.5) is 5.69 Å². The summed E-state index contributed by atoms with van der Waals surface area (Å²) in [5.74, 6) is -1.64. The third-order valence-corrected chi connectivity index (χ3v) is 2.36. The number of amides is 1. The predicted octanol–water partition coefficient (Wildman–Crippen LogP) is 1.01. The summed E-state index contributed by atoms with van der Waals surface area (Å²) in [5.41, 5.74) is 1.52. The van der Waals surface area contributed by atoms with E-state index in [-0.39, 0.29) is 0 Å². The summed E-state index contributed by atoms with van der Waals surface area (Å²) in [7, 11) is 1.29. The molecular weight excluding hydrogens is 222 g/mol. The SMILES string of the molecule is COC(=O)C=Cc1ccc2c(c1)NC(=O)C2=O. The van der Waals surface area contributed by atoms with Gasteiger partial charge in [0.05, 0.1) is 18.4 Å². The van der Waals surface area contributed by atoms with Gasteiger partial charge in [0.2, 0.25) is 0 Å². The number of benzene rings is 1. The van der Waals surface area contributed by atoms with Gasteiger partial charge in [-0.2, -0.15) is 0 Å². The van der Waals surface area contributed by atoms with E-state index in [9.17, 15) is 14.4 Å². The maximum Gasteiger partial charge on any atom is 0.330 e. The van der Waals surface area contributed by atoms with Gasteiger partial charge in [-0.3, -0.25) is 9.59 Å². The molecule has 1 aromatic carbocycles. The summed E-state index contributed by atoms with van der Waals surface area (Å²) in [6.45, 7) is 0. The lowest BCUT2D eigenvalue weighted by atomic mass is 10.1. The van der Waals surface area contributed by atoms with Gasteiger partial charge in [-0.25, -0.2) is 4.79 Å². The summed E-state index contributed by atoms with van der Waals surface area (Å²) >= 11 is 0. The molecule has 0 unspecified atom stereocenters. The van der Waals surface area contributed by atoms with Crippen LogP contribution in [-0.4, -0.2) is 24.8 Å². The van der Waals surface area contributed by atoms with E-state index >= 15 is 0 Å². The highest BCUT2D eigenvalue weighted by Gasteiger charge is 2.27. The van der Waals surface area contributed by atoms with E-state index in [0.717, 1.165) is 0 Å². The number of nitrogens with one attached hydrogen (secondary N) is 1. The summed E-state index contributed by atoms with van der Waals surface area (Å²) in [6.07, 6.45) is 2.81. The molecule has 1 aliphatic heterocycles. The Morgan fingerprint density at radius 2 is 2.12 bits per heavy atom. The average Bonchev–Trinajstić information content (AvgIpc) is 2.62. The molecule has 1 aromatic rings. The molecule has 1 aliphatic rings. The fraction of sp³-hybridized carbons (Fsp3) is 0.0833. The van der Waals surface area contributed by atoms with Gasteiger partial charge >= 0.3 is 5.97 Å². The van der Waals surface area contributed by atoms with E-state index in [0.29, 0.717) is 16.8 Å². The second kappa shape index (κ2) is 4.21. The van der Waals surface area contributed by atoms with E-state index in [4.69, 9.17) is 0 Å². The molecule has 0 fully saturated rings. The van der Waals surface area contributed by atoms with Crippen LogP contribution in [0.25, 0.3) is 6.08 Å². The van der Waals surface area contributed by atoms with E-state index in [1.807, 2.05) is 0 Å². The van der Waals surface area contributed by atoms with Crippen LogP contribution in [0.15, 0.2) is 24.3 Å². The van der Waals surface area contributed by atoms with Crippen molar-refractivity contribution >= 4 is 29.4 Å². The molecule has 5 nitrogen and oxygen atoms in total. The minimum atomic E-state index is -0.630. The highest BCUT2D eigenvalue weighted by atomic mass is 16.5. The number of fused-ring (bicyclic) bond motifs is 1. The van der Waals surface area contributed by atoms with Crippen molar-refractivity contribution in [3.05, 3.63) is 35.4 Å². The first-order valence-corrected chi connectivity index (χ1v) is 4.87. The van der Waals surface area contributed by atoms with Crippen LogP contribution in [0.1, 0.15) is 15.9 Å². The molecule has 0 radical (unpaired) electrons. The van der Waals surface area contributed by atoms with E-state index in [2.05, 4.69) is 10.1 Å². The summed E-state index contributed by atoms with van der Waals surface area (Å²) in [6, 6.07) is 4.82. The number of rotatable bonds is 2. The number of carbonyl (C=O) groups excluding carboxylic acids is 3. The normalized spacial score (nSPS) is 13.7. The molecule has 0 saturated heterocycles. The molecule has 1 N–H and O–H groups in total. The lowest BCUT2D eigenvalue weighted by molar-refractivity contribution is -0.134. The zero-order chi connectivity index (χ0) is 12.4. The summed E-state index contributed by atoms with van der Waals surface area (Å²) in [5, 5.41) is 2.45. The van der Waals surface area contributed by atoms with Gasteiger partial charge in [-0.15, -0.1) is 0 Å². The molecule has 5 heteroatoms. The molecule has 0 aromatic heterocycles. The monoisotopic (exact) mass is 231 g/mol. The zero-order valence-corrected chi connectivity index (χ0v) is 9.02. The molecule has 0 aliphatic carbocycles. The lowest BCUT2D eigenvalue weighted by Gasteiger charge is -1.98. The van der Waals surface area contributed by atoms with Crippen molar-refractivity contribution in [3.8, 4) is 0 Å². The molecule has 86 valence electrons. The molecule has 2 rings (SSSR count). The quantitative estimate of drug-likeness (QED) is 0.468. The van der Waals surface area contributed by atoms with Gasteiger partial charge < -0.3 is 10.1 Å². The number of ketones is 1. The number of hydrogen-bond acceptors (Lipinski definition) is 4. The van der Waals surface area contributed by atoms with Crippen molar-refractivity contribution < 1.29 is 19.1 Å². The van der Waals surface area contributed by atoms with Gasteiger partial charge in [0, 0.05) is 6.08 Å². The second-order valence-corrected chi connectivity index (χ2v) is 3.44. The van der Waals surface area contributed by atoms with Crippen molar-refractivity contribution in [3.63, 3.8) is 0 Å². The van der Waals surface area contributed by atoms with Crippen molar-refractivity contribution in [1.29, 1.82) is 0 Å². The minimum Gasteiger partial charge on any atom is -0.466 e. The number of hydrogen-bond donors (Lipinski definition) is 1. The van der Waals surface area contributed by atoms with Crippen molar-refractivity contribution in [2.24, 2.45) is 0 Å². The maximum atomic E-state index is 11.3. The number of carbonyl (C=O) groups is 3. The molecule has 0 saturated carbocycles. The van der Waals surface area contributed by atoms with E-state index in [1.165, 1.54) is 13.2 Å². The van der Waals surface area contributed by atoms with Gasteiger partial charge in [-0.1, -0.05) is 6.07 Å². The molecule has 0 atom stereocenters. The van der Waals surface area contributed by atoms with Crippen LogP contribution in [0.2, 0.25) is 0 Å².